The third kappa shape index (κ3) is 4.01. The van der Waals surface area contributed by atoms with Crippen molar-refractivity contribution in [2.75, 3.05) is 27.3 Å². The molecule has 8 nitrogen and oxygen atoms in total. The van der Waals surface area contributed by atoms with E-state index < -0.39 is 11.6 Å². The van der Waals surface area contributed by atoms with Crippen LogP contribution in [-0.4, -0.2) is 55.0 Å². The van der Waals surface area contributed by atoms with Crippen molar-refractivity contribution in [3.63, 3.8) is 0 Å². The maximum Gasteiger partial charge on any atom is 0.325 e. The molecule has 1 atom stereocenters. The molecule has 2 aromatic rings. The molecule has 4 rings (SSSR count). The predicted molar refractivity (Wildman–Crippen MR) is 122 cm³/mol. The van der Waals surface area contributed by atoms with E-state index in [9.17, 15) is 14.4 Å². The topological polar surface area (TPSA) is 88.2 Å². The number of carbonyl (C=O) groups excluding carboxylic acids is 3. The highest BCUT2D eigenvalue weighted by molar-refractivity contribution is 6.09. The van der Waals surface area contributed by atoms with Crippen molar-refractivity contribution in [3.8, 4) is 11.5 Å². The van der Waals surface area contributed by atoms with Gasteiger partial charge >= 0.3 is 6.03 Å². The van der Waals surface area contributed by atoms with Crippen LogP contribution in [0.4, 0.5) is 4.79 Å². The van der Waals surface area contributed by atoms with Crippen LogP contribution in [0, 0.1) is 0 Å². The number of benzene rings is 2. The molecular formula is C25H29N3O5. The van der Waals surface area contributed by atoms with Gasteiger partial charge in [-0.25, -0.2) is 4.79 Å². The number of nitrogens with one attached hydrogen (secondary N) is 1. The molecule has 1 spiro atoms. The summed E-state index contributed by atoms with van der Waals surface area (Å²) in [6, 6.07) is 12.6. The maximum absolute atomic E-state index is 13.5. The highest BCUT2D eigenvalue weighted by Gasteiger charge is 2.54. The monoisotopic (exact) mass is 451 g/mol. The number of methoxy groups -OCH3 is 2. The van der Waals surface area contributed by atoms with E-state index in [1.807, 2.05) is 43.3 Å². The fourth-order valence-corrected chi connectivity index (χ4v) is 4.77. The van der Waals surface area contributed by atoms with Crippen LogP contribution < -0.4 is 14.8 Å². The molecule has 174 valence electrons. The number of ether oxygens (including phenoxy) is 2. The van der Waals surface area contributed by atoms with Crippen LogP contribution in [0.5, 0.6) is 11.5 Å². The summed E-state index contributed by atoms with van der Waals surface area (Å²) in [7, 11) is 3.12. The third-order valence-electron chi connectivity index (χ3n) is 6.50. The first kappa shape index (κ1) is 22.6. The average Bonchev–Trinajstić information content (AvgIpc) is 3.07. The van der Waals surface area contributed by atoms with E-state index in [1.165, 1.54) is 0 Å². The Kier molecular flexibility index (Phi) is 6.26. The number of hydrogen-bond acceptors (Lipinski definition) is 5. The van der Waals surface area contributed by atoms with E-state index in [-0.39, 0.29) is 18.4 Å². The number of hydrogen-bond donors (Lipinski definition) is 1. The number of likely N-dealkylation sites (N-methyl/N-ethyl adjacent to an activating group) is 1. The van der Waals surface area contributed by atoms with Crippen LogP contribution in [0.1, 0.15) is 36.5 Å². The van der Waals surface area contributed by atoms with Crippen molar-refractivity contribution in [3.05, 3.63) is 59.2 Å². The van der Waals surface area contributed by atoms with Crippen LogP contribution in [0.3, 0.4) is 0 Å². The Hall–Kier alpha value is -3.55. The molecule has 0 unspecified atom stereocenters. The maximum atomic E-state index is 13.5. The molecule has 1 heterocycles. The lowest BCUT2D eigenvalue weighted by Gasteiger charge is -2.33. The molecule has 33 heavy (non-hydrogen) atoms. The second-order valence-corrected chi connectivity index (χ2v) is 8.33. The van der Waals surface area contributed by atoms with Crippen molar-refractivity contribution >= 4 is 17.8 Å². The molecular weight excluding hydrogens is 422 g/mol. The molecule has 0 bridgehead atoms. The van der Waals surface area contributed by atoms with E-state index in [1.54, 1.807) is 25.2 Å². The van der Waals surface area contributed by atoms with Gasteiger partial charge in [0.25, 0.3) is 5.91 Å². The average molecular weight is 452 g/mol. The van der Waals surface area contributed by atoms with Gasteiger partial charge in [0.2, 0.25) is 5.91 Å². The van der Waals surface area contributed by atoms with E-state index in [4.69, 9.17) is 9.47 Å². The molecule has 4 amide bonds. The van der Waals surface area contributed by atoms with Gasteiger partial charge in [0.05, 0.1) is 14.2 Å². The second kappa shape index (κ2) is 9.13. The summed E-state index contributed by atoms with van der Waals surface area (Å²) in [5, 5.41) is 2.90. The van der Waals surface area contributed by atoms with Gasteiger partial charge in [0.1, 0.15) is 12.1 Å². The summed E-state index contributed by atoms with van der Waals surface area (Å²) in [6.07, 6.45) is 2.20. The van der Waals surface area contributed by atoms with E-state index in [0.29, 0.717) is 31.0 Å². The number of imide groups is 1. The van der Waals surface area contributed by atoms with E-state index >= 15 is 0 Å². The molecule has 1 aliphatic heterocycles. The zero-order chi connectivity index (χ0) is 23.6. The summed E-state index contributed by atoms with van der Waals surface area (Å²) in [6.45, 7) is 2.33. The zero-order valence-electron chi connectivity index (χ0n) is 19.2. The van der Waals surface area contributed by atoms with Crippen LogP contribution >= 0.6 is 0 Å². The number of rotatable bonds is 7. The van der Waals surface area contributed by atoms with Crippen molar-refractivity contribution in [1.82, 2.24) is 15.1 Å². The van der Waals surface area contributed by atoms with Crippen molar-refractivity contribution in [2.45, 2.75) is 38.3 Å². The standard InChI is InChI=1S/C25H29N3O5/c1-4-27(15-17-11-12-20(32-2)21(14-17)33-3)22(29)16-28-23(30)25(26-24(28)31)13-7-9-18-8-5-6-10-19(18)25/h5-6,8,10-12,14H,4,7,9,13,15-16H2,1-3H3,(H,26,31)/t25-/m0/s1. The Balaban J connectivity index is 1.51. The highest BCUT2D eigenvalue weighted by Crippen LogP contribution is 2.39. The minimum absolute atomic E-state index is 0.295. The molecule has 2 aliphatic rings. The van der Waals surface area contributed by atoms with E-state index in [0.717, 1.165) is 34.4 Å². The predicted octanol–water partition coefficient (Wildman–Crippen LogP) is 2.84. The van der Waals surface area contributed by atoms with Gasteiger partial charge in [-0.2, -0.15) is 0 Å². The Morgan fingerprint density at radius 3 is 2.61 bits per heavy atom. The molecule has 2 aromatic carbocycles. The molecule has 1 fully saturated rings. The van der Waals surface area contributed by atoms with E-state index in [2.05, 4.69) is 5.32 Å². The lowest BCUT2D eigenvalue weighted by molar-refractivity contribution is -0.139. The van der Waals surface area contributed by atoms with Crippen molar-refractivity contribution < 1.29 is 23.9 Å². The lowest BCUT2D eigenvalue weighted by atomic mass is 9.76. The fourth-order valence-electron chi connectivity index (χ4n) is 4.77. The largest absolute Gasteiger partial charge is 0.493 e. The molecule has 1 saturated heterocycles. The number of carbonyl (C=O) groups is 3. The van der Waals surface area contributed by atoms with Gasteiger partial charge < -0.3 is 19.7 Å². The molecule has 0 saturated carbocycles. The normalized spacial score (nSPS) is 19.3. The number of aryl methyl sites for hydroxylation is 1. The first-order valence-electron chi connectivity index (χ1n) is 11.1. The van der Waals surface area contributed by atoms with Crippen LogP contribution in [0.25, 0.3) is 0 Å². The SMILES string of the molecule is CCN(Cc1ccc(OC)c(OC)c1)C(=O)CN1C(=O)N[C@]2(CCCc3ccccc32)C1=O. The summed E-state index contributed by atoms with van der Waals surface area (Å²) >= 11 is 0. The van der Waals surface area contributed by atoms with Gasteiger partial charge in [0, 0.05) is 13.1 Å². The first-order valence-corrected chi connectivity index (χ1v) is 11.1. The molecule has 0 radical (unpaired) electrons. The Labute approximate surface area is 193 Å². The van der Waals surface area contributed by atoms with Crippen molar-refractivity contribution in [1.29, 1.82) is 0 Å². The number of nitrogens with zero attached hydrogens (tertiary/aromatic N) is 2. The van der Waals surface area contributed by atoms with Crippen molar-refractivity contribution in [2.24, 2.45) is 0 Å². The van der Waals surface area contributed by atoms with Gasteiger partial charge in [-0.05, 0) is 55.0 Å². The minimum atomic E-state index is -1.08. The summed E-state index contributed by atoms with van der Waals surface area (Å²) < 4.78 is 10.6. The molecule has 1 N–H and O–H groups in total. The second-order valence-electron chi connectivity index (χ2n) is 8.33. The lowest BCUT2D eigenvalue weighted by Crippen LogP contribution is -2.47. The third-order valence-corrected chi connectivity index (χ3v) is 6.50. The quantitative estimate of drug-likeness (QED) is 0.654. The van der Waals surface area contributed by atoms with Crippen LogP contribution in [0.2, 0.25) is 0 Å². The first-order chi connectivity index (χ1) is 15.9. The van der Waals surface area contributed by atoms with Gasteiger partial charge in [0.15, 0.2) is 11.5 Å². The Bertz CT molecular complexity index is 1090. The number of fused-ring (bicyclic) bond motifs is 2. The summed E-state index contributed by atoms with van der Waals surface area (Å²) in [5.74, 6) is 0.533. The molecule has 1 aliphatic carbocycles. The molecule has 0 aromatic heterocycles. The van der Waals surface area contributed by atoms with Crippen LogP contribution in [-0.2, 0) is 28.1 Å². The fraction of sp³-hybridized carbons (Fsp3) is 0.400. The number of urea groups is 1. The van der Waals surface area contributed by atoms with Gasteiger partial charge in [-0.15, -0.1) is 0 Å². The molecule has 8 heteroatoms. The Morgan fingerprint density at radius 2 is 1.88 bits per heavy atom. The van der Waals surface area contributed by atoms with Gasteiger partial charge in [-0.1, -0.05) is 30.3 Å². The summed E-state index contributed by atoms with van der Waals surface area (Å²) in [4.78, 5) is 42.1. The van der Waals surface area contributed by atoms with Gasteiger partial charge in [-0.3, -0.25) is 14.5 Å². The number of amides is 4. The summed E-state index contributed by atoms with van der Waals surface area (Å²) in [5.41, 5.74) is 1.68. The highest BCUT2D eigenvalue weighted by atomic mass is 16.5. The zero-order valence-corrected chi connectivity index (χ0v) is 19.2. The Morgan fingerprint density at radius 1 is 1.12 bits per heavy atom. The minimum Gasteiger partial charge on any atom is -0.493 e. The van der Waals surface area contributed by atoms with Crippen LogP contribution in [0.15, 0.2) is 42.5 Å². The smallest absolute Gasteiger partial charge is 0.325 e.